The number of aromatic amines is 1. The molecular weight excluding hydrogens is 294 g/mol. The molecule has 0 atom stereocenters. The number of aryl methyl sites for hydroxylation is 1. The van der Waals surface area contributed by atoms with Crippen LogP contribution in [0.4, 0.5) is 0 Å². The lowest BCUT2D eigenvalue weighted by atomic mass is 9.94. The summed E-state index contributed by atoms with van der Waals surface area (Å²) >= 11 is 1.67. The van der Waals surface area contributed by atoms with E-state index < -0.39 is 0 Å². The van der Waals surface area contributed by atoms with Crippen LogP contribution in [0.1, 0.15) is 24.8 Å². The van der Waals surface area contributed by atoms with Crippen LogP contribution in [0.3, 0.4) is 0 Å². The number of carbonyl (C=O) groups excluding carboxylic acids is 1. The Morgan fingerprint density at radius 2 is 2.27 bits per heavy atom. The Labute approximate surface area is 133 Å². The van der Waals surface area contributed by atoms with Crippen molar-refractivity contribution in [2.45, 2.75) is 32.2 Å². The standard InChI is InChI=1S/C12H10N2S.C5H9NO/c1-8-4-9(12-6-13-7-15-12)5-11-10(8)2-3-14-11;7-4-6-5-2-1-3-5/h2-7,14H,1H3;4-5H,1-3H2,(H,6,7). The third-order valence-corrected chi connectivity index (χ3v) is 4.82. The topological polar surface area (TPSA) is 57.8 Å². The Hall–Kier alpha value is -2.14. The molecule has 1 saturated carbocycles. The molecule has 1 fully saturated rings. The summed E-state index contributed by atoms with van der Waals surface area (Å²) in [4.78, 5) is 18.3. The number of fused-ring (bicyclic) bond motifs is 1. The summed E-state index contributed by atoms with van der Waals surface area (Å²) in [5, 5.41) is 4.00. The first kappa shape index (κ1) is 14.8. The van der Waals surface area contributed by atoms with Crippen LogP contribution in [0, 0.1) is 6.92 Å². The van der Waals surface area contributed by atoms with Crippen LogP contribution in [0.5, 0.6) is 0 Å². The molecule has 0 unspecified atom stereocenters. The monoisotopic (exact) mass is 313 g/mol. The lowest BCUT2D eigenvalue weighted by molar-refractivity contribution is -0.110. The van der Waals surface area contributed by atoms with Crippen LogP contribution < -0.4 is 5.32 Å². The smallest absolute Gasteiger partial charge is 0.207 e. The highest BCUT2D eigenvalue weighted by Gasteiger charge is 2.14. The van der Waals surface area contributed by atoms with Crippen LogP contribution >= 0.6 is 11.3 Å². The van der Waals surface area contributed by atoms with E-state index in [0.717, 1.165) is 6.41 Å². The molecule has 3 aromatic rings. The molecule has 0 saturated heterocycles. The van der Waals surface area contributed by atoms with E-state index in [2.05, 4.69) is 40.4 Å². The van der Waals surface area contributed by atoms with Crippen LogP contribution in [0.25, 0.3) is 21.3 Å². The summed E-state index contributed by atoms with van der Waals surface area (Å²) in [5.41, 5.74) is 5.60. The van der Waals surface area contributed by atoms with Crippen molar-refractivity contribution in [3.05, 3.63) is 41.7 Å². The minimum atomic E-state index is 0.512. The zero-order valence-corrected chi connectivity index (χ0v) is 13.3. The zero-order valence-electron chi connectivity index (χ0n) is 12.5. The average molecular weight is 313 g/mol. The first-order chi connectivity index (χ1) is 10.8. The number of rotatable bonds is 3. The van der Waals surface area contributed by atoms with Crippen LogP contribution in [-0.4, -0.2) is 22.4 Å². The van der Waals surface area contributed by atoms with Crippen molar-refractivity contribution < 1.29 is 4.79 Å². The van der Waals surface area contributed by atoms with Gasteiger partial charge >= 0.3 is 0 Å². The zero-order chi connectivity index (χ0) is 15.4. The van der Waals surface area contributed by atoms with Crippen molar-refractivity contribution in [2.75, 3.05) is 0 Å². The Morgan fingerprint density at radius 3 is 2.86 bits per heavy atom. The maximum atomic E-state index is 9.70. The van der Waals surface area contributed by atoms with E-state index in [1.54, 1.807) is 11.3 Å². The molecule has 0 spiro atoms. The molecule has 1 amide bonds. The molecule has 5 heteroatoms. The van der Waals surface area contributed by atoms with Gasteiger partial charge in [0.2, 0.25) is 6.41 Å². The number of benzene rings is 1. The average Bonchev–Trinajstić information content (AvgIpc) is 3.14. The van der Waals surface area contributed by atoms with Crippen molar-refractivity contribution in [3.8, 4) is 10.4 Å². The normalized spacial score (nSPS) is 14.0. The molecule has 22 heavy (non-hydrogen) atoms. The van der Waals surface area contributed by atoms with Gasteiger partial charge in [0, 0.05) is 29.3 Å². The van der Waals surface area contributed by atoms with Gasteiger partial charge in [-0.15, -0.1) is 11.3 Å². The Kier molecular flexibility index (Phi) is 4.53. The van der Waals surface area contributed by atoms with Crippen molar-refractivity contribution in [2.24, 2.45) is 0 Å². The summed E-state index contributed by atoms with van der Waals surface area (Å²) in [6.07, 6.45) is 8.31. The van der Waals surface area contributed by atoms with E-state index >= 15 is 0 Å². The lowest BCUT2D eigenvalue weighted by Gasteiger charge is -2.23. The molecule has 0 aliphatic heterocycles. The first-order valence-corrected chi connectivity index (χ1v) is 8.32. The molecule has 114 valence electrons. The van der Waals surface area contributed by atoms with Crippen molar-refractivity contribution >= 4 is 28.6 Å². The predicted molar refractivity (Wildman–Crippen MR) is 91.0 cm³/mol. The van der Waals surface area contributed by atoms with Crippen LogP contribution in [-0.2, 0) is 4.79 Å². The molecule has 1 aromatic carbocycles. The van der Waals surface area contributed by atoms with Crippen molar-refractivity contribution in [1.29, 1.82) is 0 Å². The molecule has 1 aliphatic carbocycles. The van der Waals surface area contributed by atoms with Crippen molar-refractivity contribution in [3.63, 3.8) is 0 Å². The summed E-state index contributed by atoms with van der Waals surface area (Å²) in [5.74, 6) is 0. The maximum absolute atomic E-state index is 9.70. The van der Waals surface area contributed by atoms with Crippen LogP contribution in [0.2, 0.25) is 0 Å². The number of nitrogens with one attached hydrogen (secondary N) is 2. The number of hydrogen-bond donors (Lipinski definition) is 2. The van der Waals surface area contributed by atoms with Gasteiger partial charge in [-0.05, 0) is 55.5 Å². The maximum Gasteiger partial charge on any atom is 0.207 e. The van der Waals surface area contributed by atoms with Gasteiger partial charge in [-0.1, -0.05) is 0 Å². The largest absolute Gasteiger partial charge is 0.361 e. The number of H-pyrrole nitrogens is 1. The quantitative estimate of drug-likeness (QED) is 0.721. The van der Waals surface area contributed by atoms with Gasteiger partial charge in [0.25, 0.3) is 0 Å². The molecule has 2 N–H and O–H groups in total. The molecule has 2 aromatic heterocycles. The number of aromatic nitrogens is 2. The predicted octanol–water partition coefficient (Wildman–Crippen LogP) is 3.88. The van der Waals surface area contributed by atoms with Gasteiger partial charge in [0.15, 0.2) is 0 Å². The molecule has 1 aliphatic rings. The highest BCUT2D eigenvalue weighted by Crippen LogP contribution is 2.28. The summed E-state index contributed by atoms with van der Waals surface area (Å²) in [6.45, 7) is 2.14. The Morgan fingerprint density at radius 1 is 1.41 bits per heavy atom. The first-order valence-electron chi connectivity index (χ1n) is 7.44. The van der Waals surface area contributed by atoms with Gasteiger partial charge in [-0.25, -0.2) is 0 Å². The number of thiazole rings is 1. The van der Waals surface area contributed by atoms with Gasteiger partial charge in [-0.3, -0.25) is 9.78 Å². The third-order valence-electron chi connectivity index (χ3n) is 4.00. The highest BCUT2D eigenvalue weighted by atomic mass is 32.1. The number of carbonyl (C=O) groups is 1. The Balaban J connectivity index is 0.000000174. The van der Waals surface area contributed by atoms with Gasteiger partial charge in [0.1, 0.15) is 0 Å². The van der Waals surface area contributed by atoms with E-state index in [0.29, 0.717) is 6.04 Å². The number of nitrogens with zero attached hydrogens (tertiary/aromatic N) is 1. The SMILES string of the molecule is Cc1cc(-c2cncs2)cc2[nH]ccc12.O=CNC1CCC1. The van der Waals surface area contributed by atoms with E-state index in [1.165, 1.54) is 46.2 Å². The van der Waals surface area contributed by atoms with E-state index in [1.807, 2.05) is 17.9 Å². The van der Waals surface area contributed by atoms with Gasteiger partial charge < -0.3 is 10.3 Å². The lowest BCUT2D eigenvalue weighted by Crippen LogP contribution is -2.33. The van der Waals surface area contributed by atoms with E-state index in [4.69, 9.17) is 0 Å². The molecule has 4 nitrogen and oxygen atoms in total. The molecule has 2 heterocycles. The highest BCUT2D eigenvalue weighted by molar-refractivity contribution is 7.13. The third kappa shape index (κ3) is 3.20. The second kappa shape index (κ2) is 6.75. The van der Waals surface area contributed by atoms with Crippen molar-refractivity contribution in [1.82, 2.24) is 15.3 Å². The van der Waals surface area contributed by atoms with E-state index in [-0.39, 0.29) is 0 Å². The van der Waals surface area contributed by atoms with Gasteiger partial charge in [-0.2, -0.15) is 0 Å². The number of amides is 1. The van der Waals surface area contributed by atoms with Gasteiger partial charge in [0.05, 0.1) is 10.4 Å². The minimum Gasteiger partial charge on any atom is -0.361 e. The molecular formula is C17H19N3OS. The minimum absolute atomic E-state index is 0.512. The fourth-order valence-corrected chi connectivity index (χ4v) is 3.14. The summed E-state index contributed by atoms with van der Waals surface area (Å²) in [6, 6.07) is 7.01. The fourth-order valence-electron chi connectivity index (χ4n) is 2.53. The molecule has 0 radical (unpaired) electrons. The second-order valence-corrected chi connectivity index (χ2v) is 6.40. The van der Waals surface area contributed by atoms with Crippen LogP contribution in [0.15, 0.2) is 36.1 Å². The summed E-state index contributed by atoms with van der Waals surface area (Å²) < 4.78 is 0. The molecule has 0 bridgehead atoms. The fraction of sp³-hybridized carbons (Fsp3) is 0.294. The Bertz CT molecular complexity index is 744. The van der Waals surface area contributed by atoms with E-state index in [9.17, 15) is 4.79 Å². The summed E-state index contributed by atoms with van der Waals surface area (Å²) in [7, 11) is 0. The molecule has 4 rings (SSSR count). The second-order valence-electron chi connectivity index (χ2n) is 5.51. The number of hydrogen-bond acceptors (Lipinski definition) is 3.